The van der Waals surface area contributed by atoms with E-state index in [1.54, 1.807) is 49.6 Å². The van der Waals surface area contributed by atoms with Crippen molar-refractivity contribution < 1.29 is 27.4 Å². The molecule has 0 saturated carbocycles. The molecule has 0 aliphatic rings. The van der Waals surface area contributed by atoms with Crippen LogP contribution in [0.3, 0.4) is 0 Å². The van der Waals surface area contributed by atoms with Crippen molar-refractivity contribution in [2.75, 3.05) is 26.6 Å². The van der Waals surface area contributed by atoms with Crippen LogP contribution in [0.2, 0.25) is 0 Å². The maximum absolute atomic E-state index is 13.2. The van der Waals surface area contributed by atoms with Gasteiger partial charge in [0.1, 0.15) is 11.5 Å². The van der Waals surface area contributed by atoms with Gasteiger partial charge in [-0.15, -0.1) is 0 Å². The number of ether oxygens (including phenoxy) is 3. The summed E-state index contributed by atoms with van der Waals surface area (Å²) in [7, 11) is 0.763. The second-order valence-corrected chi connectivity index (χ2v) is 9.95. The lowest BCUT2D eigenvalue weighted by atomic mass is 10.2. The van der Waals surface area contributed by atoms with Gasteiger partial charge in [-0.2, -0.15) is 0 Å². The first-order valence-corrected chi connectivity index (χ1v) is 13.0. The maximum Gasteiger partial charge on any atom is 0.259 e. The number of rotatable bonds is 8. The zero-order valence-electron chi connectivity index (χ0n) is 21.0. The highest BCUT2D eigenvalue weighted by molar-refractivity contribution is 7.91. The van der Waals surface area contributed by atoms with Gasteiger partial charge in [0.05, 0.1) is 47.9 Å². The minimum atomic E-state index is -3.79. The summed E-state index contributed by atoms with van der Waals surface area (Å²) in [5.41, 5.74) is 2.01. The van der Waals surface area contributed by atoms with Gasteiger partial charge in [-0.25, -0.2) is 13.4 Å². The summed E-state index contributed by atoms with van der Waals surface area (Å²) in [6, 6.07) is 26.3. The molecule has 9 heteroatoms. The molecule has 0 heterocycles. The first kappa shape index (κ1) is 26.4. The van der Waals surface area contributed by atoms with Crippen LogP contribution < -0.4 is 14.8 Å². The number of nitrogens with zero attached hydrogens (tertiary/aromatic N) is 1. The van der Waals surface area contributed by atoms with Crippen LogP contribution in [0.25, 0.3) is 0 Å². The fourth-order valence-corrected chi connectivity index (χ4v) is 5.00. The van der Waals surface area contributed by atoms with Crippen molar-refractivity contribution in [3.05, 3.63) is 108 Å². The molecule has 0 bridgehead atoms. The molecule has 0 aliphatic heterocycles. The van der Waals surface area contributed by atoms with E-state index in [0.717, 1.165) is 0 Å². The lowest BCUT2D eigenvalue weighted by Gasteiger charge is -2.11. The molecule has 1 amide bonds. The summed E-state index contributed by atoms with van der Waals surface area (Å²) in [4.78, 5) is 17.3. The first-order chi connectivity index (χ1) is 18.4. The zero-order valence-corrected chi connectivity index (χ0v) is 21.9. The lowest BCUT2D eigenvalue weighted by molar-refractivity contribution is 0.102. The largest absolute Gasteiger partial charge is 0.496 e. The highest BCUT2D eigenvalue weighted by Crippen LogP contribution is 2.27. The van der Waals surface area contributed by atoms with Crippen molar-refractivity contribution in [3.63, 3.8) is 0 Å². The molecule has 1 N–H and O–H groups in total. The van der Waals surface area contributed by atoms with Gasteiger partial charge in [0, 0.05) is 5.69 Å². The van der Waals surface area contributed by atoms with E-state index in [4.69, 9.17) is 14.2 Å². The number of aliphatic imine (C=N–C) groups is 1. The third-order valence-electron chi connectivity index (χ3n) is 5.68. The molecule has 194 valence electrons. The number of sulfone groups is 1. The average molecular weight is 531 g/mol. The van der Waals surface area contributed by atoms with Gasteiger partial charge in [-0.1, -0.05) is 24.3 Å². The number of nitrogens with one attached hydrogen (secondary N) is 1. The fraction of sp³-hybridized carbons (Fsp3) is 0.103. The number of hydrogen-bond donors (Lipinski definition) is 1. The molecular formula is C29H26N2O6S. The second-order valence-electron chi connectivity index (χ2n) is 8.00. The highest BCUT2D eigenvalue weighted by atomic mass is 32.2. The molecule has 4 aromatic carbocycles. The van der Waals surface area contributed by atoms with E-state index < -0.39 is 9.84 Å². The van der Waals surface area contributed by atoms with Crippen molar-refractivity contribution in [1.29, 1.82) is 0 Å². The third-order valence-corrected chi connectivity index (χ3v) is 7.47. The van der Waals surface area contributed by atoms with E-state index in [1.807, 2.05) is 18.2 Å². The summed E-state index contributed by atoms with van der Waals surface area (Å²) >= 11 is 0. The topological polar surface area (TPSA) is 103 Å². The maximum atomic E-state index is 13.2. The van der Waals surface area contributed by atoms with Gasteiger partial charge < -0.3 is 19.5 Å². The molecule has 0 unspecified atom stereocenters. The summed E-state index contributed by atoms with van der Waals surface area (Å²) < 4.78 is 42.4. The molecule has 4 rings (SSSR count). The Labute approximate surface area is 221 Å². The third kappa shape index (κ3) is 5.68. The molecule has 38 heavy (non-hydrogen) atoms. The zero-order chi connectivity index (χ0) is 27.1. The van der Waals surface area contributed by atoms with Crippen LogP contribution in [-0.2, 0) is 14.6 Å². The van der Waals surface area contributed by atoms with E-state index in [-0.39, 0.29) is 15.7 Å². The molecule has 0 aliphatic carbocycles. The van der Waals surface area contributed by atoms with Crippen molar-refractivity contribution in [3.8, 4) is 11.5 Å². The van der Waals surface area contributed by atoms with Crippen molar-refractivity contribution in [2.45, 2.75) is 9.79 Å². The quantitative estimate of drug-likeness (QED) is 0.238. The van der Waals surface area contributed by atoms with Crippen molar-refractivity contribution in [2.24, 2.45) is 4.99 Å². The minimum Gasteiger partial charge on any atom is -0.496 e. The SMILES string of the molecule is CO/C(=N\c1ccc(S(=O)(=O)c2ccc(NC(=O)c3ccccc3OC)cc2)cc1)c1ccccc1OC. The van der Waals surface area contributed by atoms with Crippen molar-refractivity contribution >= 4 is 33.0 Å². The van der Waals surface area contributed by atoms with Crippen LogP contribution in [0.4, 0.5) is 11.4 Å². The lowest BCUT2D eigenvalue weighted by Crippen LogP contribution is -2.13. The molecule has 8 nitrogen and oxygen atoms in total. The fourth-order valence-electron chi connectivity index (χ4n) is 3.74. The van der Waals surface area contributed by atoms with Crippen LogP contribution >= 0.6 is 0 Å². The van der Waals surface area contributed by atoms with Gasteiger partial charge in [0.25, 0.3) is 5.91 Å². The van der Waals surface area contributed by atoms with Gasteiger partial charge >= 0.3 is 0 Å². The number of amides is 1. The Kier molecular flexibility index (Phi) is 8.08. The predicted octanol–water partition coefficient (Wildman–Crippen LogP) is 5.51. The molecule has 0 radical (unpaired) electrons. The van der Waals surface area contributed by atoms with E-state index in [1.165, 1.54) is 50.6 Å². The normalized spacial score (nSPS) is 11.5. The Morgan fingerprint density at radius 2 is 1.18 bits per heavy atom. The number of benzene rings is 4. The molecule has 0 aromatic heterocycles. The van der Waals surface area contributed by atoms with Gasteiger partial charge in [-0.05, 0) is 72.8 Å². The number of anilines is 1. The van der Waals surface area contributed by atoms with Crippen LogP contribution in [0.5, 0.6) is 11.5 Å². The minimum absolute atomic E-state index is 0.0932. The standard InChI is InChI=1S/C29H26N2O6S/c1-35-26-10-6-4-8-24(26)28(32)30-20-12-16-22(17-13-20)38(33,34)23-18-14-21(15-19-23)31-29(37-3)25-9-5-7-11-27(25)36-2/h4-19H,1-3H3,(H,30,32)/b31-29-. The molecule has 0 atom stereocenters. The number of methoxy groups -OCH3 is 3. The van der Waals surface area contributed by atoms with E-state index >= 15 is 0 Å². The summed E-state index contributed by atoms with van der Waals surface area (Å²) in [5, 5.41) is 2.75. The van der Waals surface area contributed by atoms with E-state index in [9.17, 15) is 13.2 Å². The number of carbonyl (C=O) groups is 1. The number of carbonyl (C=O) groups excluding carboxylic acids is 1. The Balaban J connectivity index is 1.52. The number of hydrogen-bond acceptors (Lipinski definition) is 7. The smallest absolute Gasteiger partial charge is 0.259 e. The summed E-state index contributed by atoms with van der Waals surface area (Å²) in [6.07, 6.45) is 0. The van der Waals surface area contributed by atoms with Crippen molar-refractivity contribution in [1.82, 2.24) is 0 Å². The van der Waals surface area contributed by atoms with Gasteiger partial charge in [0.2, 0.25) is 15.7 Å². The molecule has 4 aromatic rings. The van der Waals surface area contributed by atoms with E-state index in [2.05, 4.69) is 10.3 Å². The predicted molar refractivity (Wildman–Crippen MR) is 145 cm³/mol. The summed E-state index contributed by atoms with van der Waals surface area (Å²) in [5.74, 6) is 1.02. The summed E-state index contributed by atoms with van der Waals surface area (Å²) in [6.45, 7) is 0. The van der Waals surface area contributed by atoms with Gasteiger partial charge in [0.15, 0.2) is 0 Å². The Morgan fingerprint density at radius 3 is 1.74 bits per heavy atom. The number of para-hydroxylation sites is 2. The molecule has 0 spiro atoms. The first-order valence-electron chi connectivity index (χ1n) is 11.5. The van der Waals surface area contributed by atoms with Gasteiger partial charge in [-0.3, -0.25) is 4.79 Å². The monoisotopic (exact) mass is 530 g/mol. The molecule has 0 fully saturated rings. The van der Waals surface area contributed by atoms with Crippen LogP contribution in [0.15, 0.2) is 112 Å². The molecule has 0 saturated heterocycles. The van der Waals surface area contributed by atoms with Crippen LogP contribution in [0, 0.1) is 0 Å². The average Bonchev–Trinajstić information content (AvgIpc) is 2.96. The van der Waals surface area contributed by atoms with E-state index in [0.29, 0.717) is 39.9 Å². The van der Waals surface area contributed by atoms with Crippen LogP contribution in [-0.4, -0.2) is 41.6 Å². The Hall–Kier alpha value is -4.63. The second kappa shape index (κ2) is 11.6. The highest BCUT2D eigenvalue weighted by Gasteiger charge is 2.19. The molecular weight excluding hydrogens is 504 g/mol. The van der Waals surface area contributed by atoms with Crippen LogP contribution in [0.1, 0.15) is 15.9 Å². The Bertz CT molecular complexity index is 1560. The Morgan fingerprint density at radius 1 is 0.684 bits per heavy atom.